The van der Waals surface area contributed by atoms with Crippen LogP contribution in [0.4, 0.5) is 0 Å². The van der Waals surface area contributed by atoms with E-state index < -0.39 is 0 Å². The first-order chi connectivity index (χ1) is 6.54. The van der Waals surface area contributed by atoms with Gasteiger partial charge in [-0.15, -0.1) is 0 Å². The van der Waals surface area contributed by atoms with Crippen LogP contribution < -0.4 is 0 Å². The fraction of sp³-hybridized carbons (Fsp3) is 0.615. The highest BCUT2D eigenvalue weighted by Gasteiger charge is 2.21. The molecular weight excluding hydrogens is 172 g/mol. The lowest BCUT2D eigenvalue weighted by molar-refractivity contribution is -0.113. The summed E-state index contributed by atoms with van der Waals surface area (Å²) in [5, 5.41) is 0. The van der Waals surface area contributed by atoms with Crippen LogP contribution in [0.15, 0.2) is 23.3 Å². The summed E-state index contributed by atoms with van der Waals surface area (Å²) in [5.41, 5.74) is 2.24. The lowest BCUT2D eigenvalue weighted by Gasteiger charge is -2.27. The summed E-state index contributed by atoms with van der Waals surface area (Å²) in [7, 11) is 0. The summed E-state index contributed by atoms with van der Waals surface area (Å²) in [4.78, 5) is 11.3. The lowest BCUT2D eigenvalue weighted by Crippen LogP contribution is -2.17. The standard InChI is InChI=1S/C13H20O/c1-9-7-5-6-8-13(9)11(3)10(2)12(4)14/h5-6,9,13H,7-8H2,1-4H3. The Morgan fingerprint density at radius 2 is 1.71 bits per heavy atom. The number of hydrogen-bond acceptors (Lipinski definition) is 1. The zero-order chi connectivity index (χ0) is 10.7. The molecule has 0 fully saturated rings. The monoisotopic (exact) mass is 192 g/mol. The van der Waals surface area contributed by atoms with Crippen LogP contribution in [-0.2, 0) is 4.79 Å². The molecule has 0 aromatic heterocycles. The summed E-state index contributed by atoms with van der Waals surface area (Å²) in [6.45, 7) is 7.98. The van der Waals surface area contributed by atoms with E-state index in [0.717, 1.165) is 18.4 Å². The number of Topliss-reactive ketones (excluding diaryl/α,β-unsaturated/α-hetero) is 1. The van der Waals surface area contributed by atoms with E-state index in [1.54, 1.807) is 6.92 Å². The Bertz CT molecular complexity index is 284. The first-order valence-electron chi connectivity index (χ1n) is 5.37. The predicted molar refractivity (Wildman–Crippen MR) is 60.1 cm³/mol. The molecule has 0 amide bonds. The van der Waals surface area contributed by atoms with Crippen molar-refractivity contribution in [3.8, 4) is 0 Å². The maximum atomic E-state index is 11.3. The minimum absolute atomic E-state index is 0.212. The normalized spacial score (nSPS) is 28.6. The minimum Gasteiger partial charge on any atom is -0.295 e. The van der Waals surface area contributed by atoms with Crippen LogP contribution in [0.2, 0.25) is 0 Å². The molecule has 0 radical (unpaired) electrons. The number of ketones is 1. The number of carbonyl (C=O) groups excluding carboxylic acids is 1. The lowest BCUT2D eigenvalue weighted by atomic mass is 9.78. The molecule has 0 heterocycles. The van der Waals surface area contributed by atoms with Crippen LogP contribution in [0.1, 0.15) is 40.5 Å². The van der Waals surface area contributed by atoms with Crippen molar-refractivity contribution in [1.29, 1.82) is 0 Å². The summed E-state index contributed by atoms with van der Waals surface area (Å²) < 4.78 is 0. The second-order valence-corrected chi connectivity index (χ2v) is 4.39. The first-order valence-corrected chi connectivity index (χ1v) is 5.37. The van der Waals surface area contributed by atoms with Gasteiger partial charge in [0.25, 0.3) is 0 Å². The number of carbonyl (C=O) groups is 1. The van der Waals surface area contributed by atoms with E-state index in [1.165, 1.54) is 5.57 Å². The van der Waals surface area contributed by atoms with Gasteiger partial charge < -0.3 is 0 Å². The van der Waals surface area contributed by atoms with Gasteiger partial charge in [0.1, 0.15) is 0 Å². The molecule has 0 spiro atoms. The van der Waals surface area contributed by atoms with Crippen molar-refractivity contribution in [2.75, 3.05) is 0 Å². The zero-order valence-electron chi connectivity index (χ0n) is 9.63. The minimum atomic E-state index is 0.212. The second kappa shape index (κ2) is 4.59. The molecule has 1 nitrogen and oxygen atoms in total. The molecule has 0 saturated heterocycles. The third-order valence-electron chi connectivity index (χ3n) is 3.43. The van der Waals surface area contributed by atoms with E-state index in [9.17, 15) is 4.79 Å². The van der Waals surface area contributed by atoms with E-state index in [0.29, 0.717) is 11.8 Å². The molecule has 1 rings (SSSR count). The SMILES string of the molecule is CC(=O)C(C)=C(C)C1CC=CCC1C. The first kappa shape index (κ1) is 11.2. The molecule has 1 heteroatoms. The molecule has 0 saturated carbocycles. The summed E-state index contributed by atoms with van der Waals surface area (Å²) in [5.74, 6) is 1.46. The molecule has 0 aromatic rings. The quantitative estimate of drug-likeness (QED) is 0.483. The highest BCUT2D eigenvalue weighted by Crippen LogP contribution is 2.32. The summed E-state index contributed by atoms with van der Waals surface area (Å²) in [6.07, 6.45) is 6.73. The fourth-order valence-corrected chi connectivity index (χ4v) is 2.11. The summed E-state index contributed by atoms with van der Waals surface area (Å²) in [6, 6.07) is 0. The average Bonchev–Trinajstić information content (AvgIpc) is 2.16. The maximum Gasteiger partial charge on any atom is 0.155 e. The van der Waals surface area contributed by atoms with Crippen LogP contribution in [0.3, 0.4) is 0 Å². The van der Waals surface area contributed by atoms with Crippen molar-refractivity contribution >= 4 is 5.78 Å². The van der Waals surface area contributed by atoms with Crippen molar-refractivity contribution < 1.29 is 4.79 Å². The molecule has 14 heavy (non-hydrogen) atoms. The van der Waals surface area contributed by atoms with Crippen molar-refractivity contribution in [1.82, 2.24) is 0 Å². The predicted octanol–water partition coefficient (Wildman–Crippen LogP) is 3.51. The Hall–Kier alpha value is -0.850. The van der Waals surface area contributed by atoms with E-state index in [-0.39, 0.29) is 5.78 Å². The molecule has 0 bridgehead atoms. The van der Waals surface area contributed by atoms with Crippen molar-refractivity contribution in [2.24, 2.45) is 11.8 Å². The largest absolute Gasteiger partial charge is 0.295 e. The van der Waals surface area contributed by atoms with Gasteiger partial charge in [0.15, 0.2) is 5.78 Å². The van der Waals surface area contributed by atoms with Gasteiger partial charge in [-0.2, -0.15) is 0 Å². The zero-order valence-corrected chi connectivity index (χ0v) is 9.63. The summed E-state index contributed by atoms with van der Waals surface area (Å²) >= 11 is 0. The van der Waals surface area contributed by atoms with Crippen molar-refractivity contribution in [2.45, 2.75) is 40.5 Å². The molecule has 1 aliphatic carbocycles. The number of rotatable bonds is 2. The van der Waals surface area contributed by atoms with Crippen LogP contribution in [0.5, 0.6) is 0 Å². The third-order valence-corrected chi connectivity index (χ3v) is 3.43. The maximum absolute atomic E-state index is 11.3. The van der Waals surface area contributed by atoms with E-state index >= 15 is 0 Å². The van der Waals surface area contributed by atoms with Crippen LogP contribution in [0.25, 0.3) is 0 Å². The Morgan fingerprint density at radius 1 is 1.14 bits per heavy atom. The molecule has 2 unspecified atom stereocenters. The van der Waals surface area contributed by atoms with Gasteiger partial charge in [0, 0.05) is 0 Å². The topological polar surface area (TPSA) is 17.1 Å². The third kappa shape index (κ3) is 2.34. The van der Waals surface area contributed by atoms with Gasteiger partial charge >= 0.3 is 0 Å². The van der Waals surface area contributed by atoms with Gasteiger partial charge in [0.05, 0.1) is 0 Å². The molecule has 2 atom stereocenters. The fourth-order valence-electron chi connectivity index (χ4n) is 2.11. The molecule has 0 aliphatic heterocycles. The van der Waals surface area contributed by atoms with Gasteiger partial charge in [0.2, 0.25) is 0 Å². The average molecular weight is 192 g/mol. The second-order valence-electron chi connectivity index (χ2n) is 4.39. The number of hydrogen-bond donors (Lipinski definition) is 0. The number of allylic oxidation sites excluding steroid dienone is 4. The van der Waals surface area contributed by atoms with Gasteiger partial charge in [-0.05, 0) is 51.0 Å². The highest BCUT2D eigenvalue weighted by molar-refractivity contribution is 5.93. The Morgan fingerprint density at radius 3 is 2.21 bits per heavy atom. The van der Waals surface area contributed by atoms with Crippen LogP contribution >= 0.6 is 0 Å². The molecular formula is C13H20O. The molecule has 78 valence electrons. The molecule has 0 N–H and O–H groups in total. The smallest absolute Gasteiger partial charge is 0.155 e. The van der Waals surface area contributed by atoms with Gasteiger partial charge in [-0.25, -0.2) is 0 Å². The Labute approximate surface area is 86.9 Å². The van der Waals surface area contributed by atoms with Gasteiger partial charge in [-0.3, -0.25) is 4.79 Å². The van der Waals surface area contributed by atoms with Crippen LogP contribution in [-0.4, -0.2) is 5.78 Å². The highest BCUT2D eigenvalue weighted by atomic mass is 16.1. The Kier molecular flexibility index (Phi) is 3.68. The molecule has 0 aromatic carbocycles. The van der Waals surface area contributed by atoms with E-state index in [4.69, 9.17) is 0 Å². The van der Waals surface area contributed by atoms with Gasteiger partial charge in [-0.1, -0.05) is 24.6 Å². The van der Waals surface area contributed by atoms with Crippen molar-refractivity contribution in [3.63, 3.8) is 0 Å². The Balaban J connectivity index is 2.87. The van der Waals surface area contributed by atoms with E-state index in [2.05, 4.69) is 26.0 Å². The molecule has 1 aliphatic rings. The van der Waals surface area contributed by atoms with Crippen molar-refractivity contribution in [3.05, 3.63) is 23.3 Å². The van der Waals surface area contributed by atoms with E-state index in [1.807, 2.05) is 6.92 Å². The van der Waals surface area contributed by atoms with Crippen LogP contribution in [0, 0.1) is 11.8 Å².